The van der Waals surface area contributed by atoms with E-state index in [1.165, 1.54) is 5.69 Å². The van der Waals surface area contributed by atoms with E-state index in [0.29, 0.717) is 12.2 Å². The largest absolute Gasteiger partial charge is 0.378 e. The number of amides is 1. The number of carbonyl (C=O) groups is 1. The maximum absolute atomic E-state index is 12.3. The highest BCUT2D eigenvalue weighted by Gasteiger charge is 2.14. The van der Waals surface area contributed by atoms with Crippen molar-refractivity contribution in [1.82, 2.24) is 15.1 Å². The molecular formula is C17H22N4O2. The molecular weight excluding hydrogens is 292 g/mol. The third-order valence-corrected chi connectivity index (χ3v) is 4.08. The Morgan fingerprint density at radius 2 is 2.13 bits per heavy atom. The van der Waals surface area contributed by atoms with Gasteiger partial charge < -0.3 is 15.0 Å². The molecule has 2 heterocycles. The van der Waals surface area contributed by atoms with Crippen LogP contribution in [0, 0.1) is 6.92 Å². The zero-order valence-electron chi connectivity index (χ0n) is 13.6. The third-order valence-electron chi connectivity index (χ3n) is 4.08. The van der Waals surface area contributed by atoms with Crippen LogP contribution in [0.5, 0.6) is 0 Å². The summed E-state index contributed by atoms with van der Waals surface area (Å²) in [5.41, 5.74) is 3.75. The lowest BCUT2D eigenvalue weighted by molar-refractivity contribution is 0.0941. The normalized spacial score (nSPS) is 14.8. The minimum Gasteiger partial charge on any atom is -0.378 e. The van der Waals surface area contributed by atoms with Crippen molar-refractivity contribution >= 4 is 11.6 Å². The van der Waals surface area contributed by atoms with Crippen LogP contribution in [0.2, 0.25) is 0 Å². The summed E-state index contributed by atoms with van der Waals surface area (Å²) in [6.07, 6.45) is 1.70. The molecule has 1 N–H and O–H groups in total. The number of hydrogen-bond acceptors (Lipinski definition) is 4. The first kappa shape index (κ1) is 15.6. The van der Waals surface area contributed by atoms with Crippen LogP contribution >= 0.6 is 0 Å². The van der Waals surface area contributed by atoms with E-state index >= 15 is 0 Å². The van der Waals surface area contributed by atoms with Gasteiger partial charge in [-0.2, -0.15) is 5.10 Å². The summed E-state index contributed by atoms with van der Waals surface area (Å²) in [6.45, 7) is 5.73. The highest BCUT2D eigenvalue weighted by atomic mass is 16.5. The summed E-state index contributed by atoms with van der Waals surface area (Å²) in [6, 6.07) is 8.28. The Kier molecular flexibility index (Phi) is 4.62. The number of benzene rings is 1. The number of hydrogen-bond donors (Lipinski definition) is 1. The lowest BCUT2D eigenvalue weighted by Crippen LogP contribution is -2.36. The lowest BCUT2D eigenvalue weighted by Gasteiger charge is -2.29. The predicted octanol–water partition coefficient (Wildman–Crippen LogP) is 1.50. The van der Waals surface area contributed by atoms with Gasteiger partial charge in [0.05, 0.1) is 19.4 Å². The zero-order chi connectivity index (χ0) is 16.2. The molecule has 1 aromatic carbocycles. The Bertz CT molecular complexity index is 670. The first-order valence-electron chi connectivity index (χ1n) is 7.83. The van der Waals surface area contributed by atoms with Gasteiger partial charge in [0.15, 0.2) is 0 Å². The van der Waals surface area contributed by atoms with E-state index in [2.05, 4.69) is 27.4 Å². The Morgan fingerprint density at radius 3 is 2.83 bits per heavy atom. The second-order valence-corrected chi connectivity index (χ2v) is 5.75. The number of nitrogens with zero attached hydrogens (tertiary/aromatic N) is 3. The average molecular weight is 314 g/mol. The van der Waals surface area contributed by atoms with E-state index in [1.54, 1.807) is 17.9 Å². The molecule has 3 rings (SSSR count). The van der Waals surface area contributed by atoms with Gasteiger partial charge in [-0.1, -0.05) is 12.1 Å². The monoisotopic (exact) mass is 314 g/mol. The van der Waals surface area contributed by atoms with Crippen molar-refractivity contribution in [3.05, 3.63) is 47.3 Å². The van der Waals surface area contributed by atoms with Crippen LogP contribution in [0.3, 0.4) is 0 Å². The van der Waals surface area contributed by atoms with Crippen LogP contribution in [0.4, 0.5) is 5.69 Å². The summed E-state index contributed by atoms with van der Waals surface area (Å²) in [4.78, 5) is 14.6. The average Bonchev–Trinajstić information content (AvgIpc) is 2.92. The second-order valence-electron chi connectivity index (χ2n) is 5.75. The maximum Gasteiger partial charge on any atom is 0.270 e. The van der Waals surface area contributed by atoms with Crippen molar-refractivity contribution in [3.63, 3.8) is 0 Å². The molecule has 122 valence electrons. The topological polar surface area (TPSA) is 59.4 Å². The standard InChI is InChI=1S/C17H22N4O2/c1-13-11-19-20(2)16(13)17(22)18-12-14-4-3-5-15(10-14)21-6-8-23-9-7-21/h3-5,10-11H,6-9,12H2,1-2H3,(H,18,22). The van der Waals surface area contributed by atoms with Gasteiger partial charge in [-0.3, -0.25) is 9.48 Å². The van der Waals surface area contributed by atoms with Gasteiger partial charge >= 0.3 is 0 Å². The molecule has 1 aliphatic rings. The smallest absolute Gasteiger partial charge is 0.270 e. The predicted molar refractivity (Wildman–Crippen MR) is 88.6 cm³/mol. The van der Waals surface area contributed by atoms with Crippen molar-refractivity contribution in [2.24, 2.45) is 7.05 Å². The van der Waals surface area contributed by atoms with Gasteiger partial charge in [-0.15, -0.1) is 0 Å². The first-order valence-corrected chi connectivity index (χ1v) is 7.83. The molecule has 0 atom stereocenters. The van der Waals surface area contributed by atoms with Gasteiger partial charge in [-0.05, 0) is 30.2 Å². The van der Waals surface area contributed by atoms with Gasteiger partial charge in [0.25, 0.3) is 5.91 Å². The summed E-state index contributed by atoms with van der Waals surface area (Å²) in [5.74, 6) is -0.0979. The van der Waals surface area contributed by atoms with Crippen LogP contribution in [-0.4, -0.2) is 42.0 Å². The van der Waals surface area contributed by atoms with Gasteiger partial charge in [0.1, 0.15) is 5.69 Å². The summed E-state index contributed by atoms with van der Waals surface area (Å²) < 4.78 is 6.99. The SMILES string of the molecule is Cc1cnn(C)c1C(=O)NCc1cccc(N2CCOCC2)c1. The second kappa shape index (κ2) is 6.83. The molecule has 6 heteroatoms. The molecule has 23 heavy (non-hydrogen) atoms. The van der Waals surface area contributed by atoms with E-state index in [4.69, 9.17) is 4.74 Å². The molecule has 1 aliphatic heterocycles. The molecule has 1 amide bonds. The van der Waals surface area contributed by atoms with E-state index in [9.17, 15) is 4.79 Å². The number of aryl methyl sites for hydroxylation is 2. The van der Waals surface area contributed by atoms with Crippen molar-refractivity contribution < 1.29 is 9.53 Å². The van der Waals surface area contributed by atoms with Crippen LogP contribution in [0.1, 0.15) is 21.6 Å². The fourth-order valence-electron chi connectivity index (χ4n) is 2.82. The molecule has 1 aromatic heterocycles. The van der Waals surface area contributed by atoms with Crippen molar-refractivity contribution in [3.8, 4) is 0 Å². The van der Waals surface area contributed by atoms with E-state index in [0.717, 1.165) is 37.4 Å². The Morgan fingerprint density at radius 1 is 1.35 bits per heavy atom. The number of anilines is 1. The number of ether oxygens (including phenoxy) is 1. The summed E-state index contributed by atoms with van der Waals surface area (Å²) in [5, 5.41) is 7.08. The highest BCUT2D eigenvalue weighted by Crippen LogP contribution is 2.17. The summed E-state index contributed by atoms with van der Waals surface area (Å²) >= 11 is 0. The maximum atomic E-state index is 12.3. The minimum absolute atomic E-state index is 0.0979. The fourth-order valence-corrected chi connectivity index (χ4v) is 2.82. The first-order chi connectivity index (χ1) is 11.1. The number of aromatic nitrogens is 2. The van der Waals surface area contributed by atoms with Crippen LogP contribution < -0.4 is 10.2 Å². The van der Waals surface area contributed by atoms with Crippen molar-refractivity contribution in [1.29, 1.82) is 0 Å². The Balaban J connectivity index is 1.65. The number of rotatable bonds is 4. The molecule has 0 saturated carbocycles. The summed E-state index contributed by atoms with van der Waals surface area (Å²) in [7, 11) is 1.78. The van der Waals surface area contributed by atoms with Crippen LogP contribution in [-0.2, 0) is 18.3 Å². The van der Waals surface area contributed by atoms with Crippen LogP contribution in [0.15, 0.2) is 30.5 Å². The Hall–Kier alpha value is -2.34. The molecule has 0 unspecified atom stereocenters. The van der Waals surface area contributed by atoms with Crippen LogP contribution in [0.25, 0.3) is 0 Å². The number of nitrogens with one attached hydrogen (secondary N) is 1. The minimum atomic E-state index is -0.0979. The number of morpholine rings is 1. The molecule has 2 aromatic rings. The molecule has 0 spiro atoms. The van der Waals surface area contributed by atoms with Gasteiger partial charge in [0.2, 0.25) is 0 Å². The molecule has 6 nitrogen and oxygen atoms in total. The van der Waals surface area contributed by atoms with Crippen molar-refractivity contribution in [2.75, 3.05) is 31.2 Å². The molecule has 0 bridgehead atoms. The van der Waals surface area contributed by atoms with E-state index in [1.807, 2.05) is 19.1 Å². The van der Waals surface area contributed by atoms with Gasteiger partial charge in [0, 0.05) is 32.4 Å². The molecule has 1 fully saturated rings. The third kappa shape index (κ3) is 3.53. The zero-order valence-corrected chi connectivity index (χ0v) is 13.6. The fraction of sp³-hybridized carbons (Fsp3) is 0.412. The van der Waals surface area contributed by atoms with Gasteiger partial charge in [-0.25, -0.2) is 0 Å². The molecule has 0 radical (unpaired) electrons. The van der Waals surface area contributed by atoms with E-state index in [-0.39, 0.29) is 5.91 Å². The molecule has 0 aliphatic carbocycles. The lowest BCUT2D eigenvalue weighted by atomic mass is 10.1. The Labute approximate surface area is 136 Å². The number of carbonyl (C=O) groups excluding carboxylic acids is 1. The highest BCUT2D eigenvalue weighted by molar-refractivity contribution is 5.93. The van der Waals surface area contributed by atoms with E-state index < -0.39 is 0 Å². The molecule has 1 saturated heterocycles. The quantitative estimate of drug-likeness (QED) is 0.929. The van der Waals surface area contributed by atoms with Crippen molar-refractivity contribution in [2.45, 2.75) is 13.5 Å².